The highest BCUT2D eigenvalue weighted by Crippen LogP contribution is 2.20. The summed E-state index contributed by atoms with van der Waals surface area (Å²) < 4.78 is 0. The van der Waals surface area contributed by atoms with Crippen LogP contribution in [-0.2, 0) is 0 Å². The Morgan fingerprint density at radius 1 is 1.28 bits per heavy atom. The zero-order valence-electron chi connectivity index (χ0n) is 11.6. The number of pyridine rings is 1. The van der Waals surface area contributed by atoms with Crippen LogP contribution in [0.15, 0.2) is 18.3 Å². The number of hydrogen-bond acceptors (Lipinski definition) is 3. The second-order valence-electron chi connectivity index (χ2n) is 5.33. The molecule has 18 heavy (non-hydrogen) atoms. The summed E-state index contributed by atoms with van der Waals surface area (Å²) in [6, 6.07) is 3.82. The Morgan fingerprint density at radius 2 is 1.89 bits per heavy atom. The maximum atomic E-state index is 5.54. The smallest absolute Gasteiger partial charge is 0.125 e. The van der Waals surface area contributed by atoms with Crippen molar-refractivity contribution < 1.29 is 0 Å². The molecule has 1 heterocycles. The van der Waals surface area contributed by atoms with Gasteiger partial charge in [0.25, 0.3) is 0 Å². The first-order valence-corrected chi connectivity index (χ1v) is 6.82. The molecule has 0 saturated heterocycles. The van der Waals surface area contributed by atoms with Crippen molar-refractivity contribution in [2.75, 3.05) is 11.9 Å². The molecule has 0 amide bonds. The van der Waals surface area contributed by atoms with E-state index < -0.39 is 0 Å². The summed E-state index contributed by atoms with van der Waals surface area (Å²) in [6.07, 6.45) is 1.71. The van der Waals surface area contributed by atoms with Crippen LogP contribution in [0, 0.1) is 17.8 Å². The van der Waals surface area contributed by atoms with Gasteiger partial charge in [0.2, 0.25) is 0 Å². The first-order valence-electron chi connectivity index (χ1n) is 6.41. The van der Waals surface area contributed by atoms with Crippen LogP contribution in [0.2, 0.25) is 0 Å². The minimum Gasteiger partial charge on any atom is -0.389 e. The van der Waals surface area contributed by atoms with E-state index in [0.717, 1.165) is 17.9 Å². The molecule has 1 rings (SSSR count). The second kappa shape index (κ2) is 6.69. The minimum absolute atomic E-state index is 0.385. The van der Waals surface area contributed by atoms with Gasteiger partial charge in [0.05, 0.1) is 0 Å². The summed E-state index contributed by atoms with van der Waals surface area (Å²) in [5.74, 6) is 2.84. The van der Waals surface area contributed by atoms with Crippen LogP contribution in [0.3, 0.4) is 0 Å². The zero-order chi connectivity index (χ0) is 13.7. The molecule has 4 heteroatoms. The number of nitrogens with two attached hydrogens (primary N) is 1. The molecule has 0 unspecified atom stereocenters. The van der Waals surface area contributed by atoms with Crippen LogP contribution in [0.25, 0.3) is 0 Å². The molecule has 0 aliphatic rings. The minimum atomic E-state index is 0.385. The number of nitrogens with zero attached hydrogens (tertiary/aromatic N) is 1. The Labute approximate surface area is 115 Å². The lowest BCUT2D eigenvalue weighted by atomic mass is 9.85. The van der Waals surface area contributed by atoms with Gasteiger partial charge in [-0.15, -0.1) is 0 Å². The molecular formula is C14H23N3S. The summed E-state index contributed by atoms with van der Waals surface area (Å²) in [6.45, 7) is 9.98. The first kappa shape index (κ1) is 14.9. The second-order valence-corrected chi connectivity index (χ2v) is 5.77. The van der Waals surface area contributed by atoms with Crippen molar-refractivity contribution in [2.24, 2.45) is 23.5 Å². The molecule has 0 radical (unpaired) electrons. The molecule has 0 aromatic carbocycles. The standard InChI is InChI=1S/C14H23N3S/c1-9(2)12(10(3)4)8-17-13-6-5-11(7-16-13)14(15)18/h5-7,9-10,12H,8H2,1-4H3,(H2,15,18)(H,16,17). The average Bonchev–Trinajstić information content (AvgIpc) is 2.28. The van der Waals surface area contributed by atoms with Crippen LogP contribution in [0.4, 0.5) is 5.82 Å². The fraction of sp³-hybridized carbons (Fsp3) is 0.571. The van der Waals surface area contributed by atoms with Crippen LogP contribution < -0.4 is 11.1 Å². The van der Waals surface area contributed by atoms with Crippen LogP contribution in [-0.4, -0.2) is 16.5 Å². The lowest BCUT2D eigenvalue weighted by molar-refractivity contribution is 0.304. The molecule has 0 aliphatic carbocycles. The predicted octanol–water partition coefficient (Wildman–Crippen LogP) is 3.06. The van der Waals surface area contributed by atoms with Gasteiger partial charge in [-0.3, -0.25) is 0 Å². The number of aromatic nitrogens is 1. The molecule has 3 N–H and O–H groups in total. The Kier molecular flexibility index (Phi) is 5.54. The van der Waals surface area contributed by atoms with Gasteiger partial charge >= 0.3 is 0 Å². The summed E-state index contributed by atoms with van der Waals surface area (Å²) in [4.78, 5) is 4.70. The van der Waals surface area contributed by atoms with Crippen molar-refractivity contribution in [1.29, 1.82) is 0 Å². The summed E-state index contributed by atoms with van der Waals surface area (Å²) in [5.41, 5.74) is 6.34. The molecule has 3 nitrogen and oxygen atoms in total. The van der Waals surface area contributed by atoms with Crippen molar-refractivity contribution in [1.82, 2.24) is 4.98 Å². The monoisotopic (exact) mass is 265 g/mol. The summed E-state index contributed by atoms with van der Waals surface area (Å²) >= 11 is 4.90. The Bertz CT molecular complexity index is 377. The summed E-state index contributed by atoms with van der Waals surface area (Å²) in [5, 5.41) is 3.38. The third kappa shape index (κ3) is 4.26. The number of rotatable bonds is 6. The molecule has 0 atom stereocenters. The Balaban J connectivity index is 2.60. The van der Waals surface area contributed by atoms with E-state index in [9.17, 15) is 0 Å². The van der Waals surface area contributed by atoms with E-state index in [1.54, 1.807) is 6.20 Å². The summed E-state index contributed by atoms with van der Waals surface area (Å²) in [7, 11) is 0. The molecule has 0 saturated carbocycles. The third-order valence-electron chi connectivity index (χ3n) is 3.28. The van der Waals surface area contributed by atoms with Gasteiger partial charge in [-0.1, -0.05) is 39.9 Å². The normalized spacial score (nSPS) is 11.3. The number of nitrogens with one attached hydrogen (secondary N) is 1. The van der Waals surface area contributed by atoms with E-state index in [1.807, 2.05) is 12.1 Å². The van der Waals surface area contributed by atoms with E-state index in [4.69, 9.17) is 18.0 Å². The van der Waals surface area contributed by atoms with Gasteiger partial charge in [-0.25, -0.2) is 4.98 Å². The lowest BCUT2D eigenvalue weighted by Gasteiger charge is -2.25. The van der Waals surface area contributed by atoms with E-state index in [0.29, 0.717) is 22.7 Å². The van der Waals surface area contributed by atoms with Crippen LogP contribution >= 0.6 is 12.2 Å². The van der Waals surface area contributed by atoms with Gasteiger partial charge in [0.15, 0.2) is 0 Å². The number of anilines is 1. The molecule has 0 spiro atoms. The fourth-order valence-electron chi connectivity index (χ4n) is 2.11. The molecule has 1 aromatic heterocycles. The van der Waals surface area contributed by atoms with E-state index in [2.05, 4.69) is 38.0 Å². The molecule has 1 aromatic rings. The SMILES string of the molecule is CC(C)C(CNc1ccc(C(N)=S)cn1)C(C)C. The molecule has 100 valence electrons. The van der Waals surface area contributed by atoms with Gasteiger partial charge in [-0.2, -0.15) is 0 Å². The van der Waals surface area contributed by atoms with E-state index >= 15 is 0 Å². The van der Waals surface area contributed by atoms with Crippen molar-refractivity contribution in [3.63, 3.8) is 0 Å². The van der Waals surface area contributed by atoms with Crippen molar-refractivity contribution in [3.8, 4) is 0 Å². The van der Waals surface area contributed by atoms with Crippen molar-refractivity contribution in [2.45, 2.75) is 27.7 Å². The highest BCUT2D eigenvalue weighted by Gasteiger charge is 2.17. The van der Waals surface area contributed by atoms with Gasteiger partial charge < -0.3 is 11.1 Å². The van der Waals surface area contributed by atoms with Crippen molar-refractivity contribution in [3.05, 3.63) is 23.9 Å². The molecule has 0 aliphatic heterocycles. The topological polar surface area (TPSA) is 50.9 Å². The Morgan fingerprint density at radius 3 is 2.28 bits per heavy atom. The fourth-order valence-corrected chi connectivity index (χ4v) is 2.23. The van der Waals surface area contributed by atoms with Gasteiger partial charge in [0.1, 0.15) is 10.8 Å². The van der Waals surface area contributed by atoms with Gasteiger partial charge in [-0.05, 0) is 29.9 Å². The molecular weight excluding hydrogens is 242 g/mol. The Hall–Kier alpha value is -1.16. The highest BCUT2D eigenvalue weighted by molar-refractivity contribution is 7.80. The molecule has 0 fully saturated rings. The van der Waals surface area contributed by atoms with Crippen molar-refractivity contribution >= 4 is 23.0 Å². The lowest BCUT2D eigenvalue weighted by Crippen LogP contribution is -2.24. The van der Waals surface area contributed by atoms with E-state index in [-0.39, 0.29) is 0 Å². The predicted molar refractivity (Wildman–Crippen MR) is 81.8 cm³/mol. The average molecular weight is 265 g/mol. The van der Waals surface area contributed by atoms with Gasteiger partial charge in [0, 0.05) is 18.3 Å². The highest BCUT2D eigenvalue weighted by atomic mass is 32.1. The third-order valence-corrected chi connectivity index (χ3v) is 3.52. The maximum Gasteiger partial charge on any atom is 0.125 e. The van der Waals surface area contributed by atoms with E-state index in [1.165, 1.54) is 0 Å². The number of hydrogen-bond donors (Lipinski definition) is 2. The zero-order valence-corrected chi connectivity index (χ0v) is 12.4. The maximum absolute atomic E-state index is 5.54. The number of thiocarbonyl (C=S) groups is 1. The first-order chi connectivity index (χ1) is 8.41. The largest absolute Gasteiger partial charge is 0.389 e. The quantitative estimate of drug-likeness (QED) is 0.776. The van der Waals surface area contributed by atoms with Crippen LogP contribution in [0.1, 0.15) is 33.3 Å². The molecule has 0 bridgehead atoms. The van der Waals surface area contributed by atoms with Crippen LogP contribution in [0.5, 0.6) is 0 Å².